The van der Waals surface area contributed by atoms with Crippen molar-refractivity contribution < 1.29 is 14.7 Å². The third kappa shape index (κ3) is 2.87. The van der Waals surface area contributed by atoms with Crippen molar-refractivity contribution in [1.82, 2.24) is 4.90 Å². The second kappa shape index (κ2) is 5.95. The van der Waals surface area contributed by atoms with Crippen LogP contribution in [0.15, 0.2) is 22.7 Å². The molecule has 1 N–H and O–H groups in total. The van der Waals surface area contributed by atoms with Gasteiger partial charge in [-0.05, 0) is 43.4 Å². The fourth-order valence-corrected chi connectivity index (χ4v) is 3.13. The zero-order valence-electron chi connectivity index (χ0n) is 11.6. The highest BCUT2D eigenvalue weighted by Gasteiger charge is 2.37. The summed E-state index contributed by atoms with van der Waals surface area (Å²) in [6.07, 6.45) is 1.70. The van der Waals surface area contributed by atoms with Crippen molar-refractivity contribution in [3.63, 3.8) is 0 Å². The number of carbonyl (C=O) groups excluding carboxylic acids is 1. The summed E-state index contributed by atoms with van der Waals surface area (Å²) in [5, 5.41) is 9.40. The van der Waals surface area contributed by atoms with Gasteiger partial charge in [-0.15, -0.1) is 0 Å². The van der Waals surface area contributed by atoms with Crippen LogP contribution in [0.4, 0.5) is 0 Å². The highest BCUT2D eigenvalue weighted by molar-refractivity contribution is 9.10. The number of aryl methyl sites for hydroxylation is 1. The Bertz CT molecular complexity index is 544. The Morgan fingerprint density at radius 3 is 2.75 bits per heavy atom. The monoisotopic (exact) mass is 339 g/mol. The van der Waals surface area contributed by atoms with Crippen LogP contribution in [-0.2, 0) is 4.79 Å². The fourth-order valence-electron chi connectivity index (χ4n) is 2.77. The van der Waals surface area contributed by atoms with Gasteiger partial charge in [-0.25, -0.2) is 4.79 Å². The van der Waals surface area contributed by atoms with E-state index in [4.69, 9.17) is 0 Å². The molecule has 1 aliphatic rings. The van der Waals surface area contributed by atoms with E-state index in [1.54, 1.807) is 6.07 Å². The molecule has 1 aromatic rings. The lowest BCUT2D eigenvalue weighted by Crippen LogP contribution is -2.52. The van der Waals surface area contributed by atoms with E-state index in [1.165, 1.54) is 4.90 Å². The summed E-state index contributed by atoms with van der Waals surface area (Å²) in [5.74, 6) is -1.13. The summed E-state index contributed by atoms with van der Waals surface area (Å²) in [7, 11) is 0. The molecule has 4 nitrogen and oxygen atoms in total. The molecule has 20 heavy (non-hydrogen) atoms. The third-order valence-corrected chi connectivity index (χ3v) is 4.37. The van der Waals surface area contributed by atoms with Crippen molar-refractivity contribution in [1.29, 1.82) is 0 Å². The molecule has 0 radical (unpaired) electrons. The minimum absolute atomic E-state index is 0.0161. The van der Waals surface area contributed by atoms with Crippen LogP contribution in [0.3, 0.4) is 0 Å². The molecule has 0 saturated carbocycles. The molecule has 1 saturated heterocycles. The molecular weight excluding hydrogens is 322 g/mol. The molecule has 0 bridgehead atoms. The summed E-state index contributed by atoms with van der Waals surface area (Å²) < 4.78 is 0.823. The number of amides is 1. The number of rotatable bonds is 2. The maximum absolute atomic E-state index is 12.7. The van der Waals surface area contributed by atoms with Crippen LogP contribution in [0.2, 0.25) is 0 Å². The molecule has 2 atom stereocenters. The second-order valence-corrected chi connectivity index (χ2v) is 6.28. The molecule has 5 heteroatoms. The standard InChI is InChI=1S/C15H18BrNO3/c1-9-5-6-11(16)8-12(9)14(18)17-7-3-4-10(2)13(17)15(19)20/h5-6,8,10,13H,3-4,7H2,1-2H3,(H,19,20). The van der Waals surface area contributed by atoms with Crippen LogP contribution in [0.1, 0.15) is 35.7 Å². The maximum Gasteiger partial charge on any atom is 0.326 e. The van der Waals surface area contributed by atoms with E-state index in [2.05, 4.69) is 15.9 Å². The maximum atomic E-state index is 12.7. The van der Waals surface area contributed by atoms with E-state index in [-0.39, 0.29) is 11.8 Å². The summed E-state index contributed by atoms with van der Waals surface area (Å²) >= 11 is 3.36. The lowest BCUT2D eigenvalue weighted by molar-refractivity contribution is -0.145. The van der Waals surface area contributed by atoms with Crippen molar-refractivity contribution in [2.45, 2.75) is 32.7 Å². The minimum Gasteiger partial charge on any atom is -0.480 e. The smallest absolute Gasteiger partial charge is 0.326 e. The number of aliphatic carboxylic acids is 1. The molecule has 0 spiro atoms. The molecular formula is C15H18BrNO3. The van der Waals surface area contributed by atoms with Gasteiger partial charge in [0.25, 0.3) is 5.91 Å². The van der Waals surface area contributed by atoms with Crippen molar-refractivity contribution in [3.8, 4) is 0 Å². The van der Waals surface area contributed by atoms with E-state index >= 15 is 0 Å². The molecule has 0 aliphatic carbocycles. The van der Waals surface area contributed by atoms with Gasteiger partial charge in [-0.3, -0.25) is 4.79 Å². The molecule has 1 fully saturated rings. The third-order valence-electron chi connectivity index (χ3n) is 3.88. The van der Waals surface area contributed by atoms with Crippen LogP contribution in [0.25, 0.3) is 0 Å². The van der Waals surface area contributed by atoms with Gasteiger partial charge in [-0.1, -0.05) is 28.9 Å². The number of likely N-dealkylation sites (tertiary alicyclic amines) is 1. The van der Waals surface area contributed by atoms with Crippen molar-refractivity contribution in [2.24, 2.45) is 5.92 Å². The largest absolute Gasteiger partial charge is 0.480 e. The van der Waals surface area contributed by atoms with Gasteiger partial charge in [0.05, 0.1) is 0 Å². The Hall–Kier alpha value is -1.36. The van der Waals surface area contributed by atoms with Crippen molar-refractivity contribution in [3.05, 3.63) is 33.8 Å². The number of halogens is 1. The van der Waals surface area contributed by atoms with Gasteiger partial charge >= 0.3 is 5.97 Å². The first-order valence-electron chi connectivity index (χ1n) is 6.71. The SMILES string of the molecule is Cc1ccc(Br)cc1C(=O)N1CCCC(C)C1C(=O)O. The van der Waals surface area contributed by atoms with Crippen LogP contribution in [0, 0.1) is 12.8 Å². The predicted molar refractivity (Wildman–Crippen MR) is 79.7 cm³/mol. The van der Waals surface area contributed by atoms with Gasteiger partial charge in [-0.2, -0.15) is 0 Å². The number of hydrogen-bond donors (Lipinski definition) is 1. The molecule has 0 aromatic heterocycles. The highest BCUT2D eigenvalue weighted by atomic mass is 79.9. The number of carbonyl (C=O) groups is 2. The van der Waals surface area contributed by atoms with Gasteiger partial charge in [0.2, 0.25) is 0 Å². The molecule has 1 heterocycles. The van der Waals surface area contributed by atoms with E-state index in [1.807, 2.05) is 26.0 Å². The second-order valence-electron chi connectivity index (χ2n) is 5.36. The average molecular weight is 340 g/mol. The molecule has 2 unspecified atom stereocenters. The number of nitrogens with zero attached hydrogens (tertiary/aromatic N) is 1. The van der Waals surface area contributed by atoms with Gasteiger partial charge in [0, 0.05) is 16.6 Å². The van der Waals surface area contributed by atoms with E-state index in [9.17, 15) is 14.7 Å². The summed E-state index contributed by atoms with van der Waals surface area (Å²) in [4.78, 5) is 25.6. The number of carboxylic acids is 1. The molecule has 1 aromatic carbocycles. The summed E-state index contributed by atoms with van der Waals surface area (Å²) in [6, 6.07) is 4.77. The Labute approximate surface area is 126 Å². The van der Waals surface area contributed by atoms with Crippen molar-refractivity contribution in [2.75, 3.05) is 6.54 Å². The Kier molecular flexibility index (Phi) is 4.48. The predicted octanol–water partition coefficient (Wildman–Crippen LogP) is 3.08. The van der Waals surface area contributed by atoms with Gasteiger partial charge < -0.3 is 10.0 Å². The normalized spacial score (nSPS) is 22.6. The van der Waals surface area contributed by atoms with E-state index < -0.39 is 12.0 Å². The zero-order chi connectivity index (χ0) is 14.9. The first-order chi connectivity index (χ1) is 9.41. The minimum atomic E-state index is -0.918. The Morgan fingerprint density at radius 2 is 2.10 bits per heavy atom. The highest BCUT2D eigenvalue weighted by Crippen LogP contribution is 2.27. The lowest BCUT2D eigenvalue weighted by Gasteiger charge is -2.37. The number of benzene rings is 1. The van der Waals surface area contributed by atoms with Crippen LogP contribution in [0.5, 0.6) is 0 Å². The molecule has 2 rings (SSSR count). The van der Waals surface area contributed by atoms with Crippen LogP contribution >= 0.6 is 15.9 Å². The summed E-state index contributed by atoms with van der Waals surface area (Å²) in [5.41, 5.74) is 1.43. The quantitative estimate of drug-likeness (QED) is 0.900. The lowest BCUT2D eigenvalue weighted by atomic mass is 9.90. The molecule has 108 valence electrons. The van der Waals surface area contributed by atoms with Crippen molar-refractivity contribution >= 4 is 27.8 Å². The van der Waals surface area contributed by atoms with Gasteiger partial charge in [0.15, 0.2) is 0 Å². The zero-order valence-corrected chi connectivity index (χ0v) is 13.2. The first kappa shape index (κ1) is 15.0. The Morgan fingerprint density at radius 1 is 1.40 bits per heavy atom. The number of piperidine rings is 1. The topological polar surface area (TPSA) is 57.6 Å². The van der Waals surface area contributed by atoms with E-state index in [0.29, 0.717) is 12.1 Å². The molecule has 1 amide bonds. The average Bonchev–Trinajstić information content (AvgIpc) is 2.40. The number of hydrogen-bond acceptors (Lipinski definition) is 2. The van der Waals surface area contributed by atoms with Crippen LogP contribution < -0.4 is 0 Å². The first-order valence-corrected chi connectivity index (χ1v) is 7.51. The molecule has 1 aliphatic heterocycles. The Balaban J connectivity index is 2.35. The summed E-state index contributed by atoms with van der Waals surface area (Å²) in [6.45, 7) is 4.26. The fraction of sp³-hybridized carbons (Fsp3) is 0.467. The number of carboxylic acid groups (broad SMARTS) is 1. The van der Waals surface area contributed by atoms with Gasteiger partial charge in [0.1, 0.15) is 6.04 Å². The van der Waals surface area contributed by atoms with Crippen LogP contribution in [-0.4, -0.2) is 34.5 Å². The van der Waals surface area contributed by atoms with E-state index in [0.717, 1.165) is 22.9 Å².